The van der Waals surface area contributed by atoms with E-state index in [-0.39, 0.29) is 11.7 Å². The second-order valence-corrected chi connectivity index (χ2v) is 3.04. The summed E-state index contributed by atoms with van der Waals surface area (Å²) in [5.74, 6) is -0.104. The molecule has 79 valence electrons. The van der Waals surface area contributed by atoms with E-state index in [2.05, 4.69) is 15.6 Å². The van der Waals surface area contributed by atoms with Crippen LogP contribution in [0.3, 0.4) is 0 Å². The number of hydrogen-bond donors (Lipinski definition) is 1. The first-order valence-electron chi connectivity index (χ1n) is 4.62. The van der Waals surface area contributed by atoms with Gasteiger partial charge < -0.3 is 5.32 Å². The number of amidine groups is 1. The molecule has 5 nitrogen and oxygen atoms in total. The molecule has 0 atom stereocenters. The molecule has 1 aromatic rings. The molecule has 1 N–H and O–H groups in total. The summed E-state index contributed by atoms with van der Waals surface area (Å²) in [5.41, 5.74) is 0.508. The van der Waals surface area contributed by atoms with Crippen molar-refractivity contribution in [2.75, 3.05) is 0 Å². The van der Waals surface area contributed by atoms with Gasteiger partial charge in [-0.1, -0.05) is 18.2 Å². The third kappa shape index (κ3) is 2.33. The zero-order valence-electron chi connectivity index (χ0n) is 8.25. The highest BCUT2D eigenvalue weighted by Crippen LogP contribution is 1.99. The molecule has 5 heteroatoms. The molecule has 1 aliphatic rings. The van der Waals surface area contributed by atoms with Crippen LogP contribution in [0.4, 0.5) is 4.79 Å². The minimum Gasteiger partial charge on any atom is -0.306 e. The van der Waals surface area contributed by atoms with Crippen LogP contribution in [-0.4, -0.2) is 17.8 Å². The monoisotopic (exact) mass is 214 g/mol. The number of nitrogens with one attached hydrogen (secondary N) is 1. The van der Waals surface area contributed by atoms with Crippen molar-refractivity contribution in [2.45, 2.75) is 0 Å². The number of hydrogen-bond acceptors (Lipinski definition) is 2. The van der Waals surface area contributed by atoms with E-state index in [1.807, 2.05) is 6.07 Å². The zero-order chi connectivity index (χ0) is 11.4. The predicted octanol–water partition coefficient (Wildman–Crippen LogP) is 1.07. The van der Waals surface area contributed by atoms with E-state index < -0.39 is 6.03 Å². The van der Waals surface area contributed by atoms with E-state index in [0.29, 0.717) is 5.56 Å². The van der Waals surface area contributed by atoms with Crippen LogP contribution in [0.25, 0.3) is 0 Å². The second-order valence-electron chi connectivity index (χ2n) is 3.04. The topological polar surface area (TPSA) is 72.6 Å². The maximum atomic E-state index is 11.7. The molecule has 0 unspecified atom stereocenters. The van der Waals surface area contributed by atoms with Crippen molar-refractivity contribution in [3.8, 4) is 0 Å². The molecular weight excluding hydrogens is 206 g/mol. The Morgan fingerprint density at radius 1 is 1.19 bits per heavy atom. The zero-order valence-corrected chi connectivity index (χ0v) is 8.25. The fourth-order valence-electron chi connectivity index (χ4n) is 1.19. The average molecular weight is 214 g/mol. The van der Waals surface area contributed by atoms with Crippen molar-refractivity contribution in [1.82, 2.24) is 10.6 Å². The van der Waals surface area contributed by atoms with Crippen molar-refractivity contribution in [3.63, 3.8) is 0 Å². The van der Waals surface area contributed by atoms with Gasteiger partial charge in [-0.15, -0.1) is 0 Å². The normalized spacial score (nSPS) is 14.0. The molecule has 0 fully saturated rings. The van der Waals surface area contributed by atoms with Gasteiger partial charge in [0.15, 0.2) is 0 Å². The molecule has 0 bridgehead atoms. The second kappa shape index (κ2) is 4.39. The van der Waals surface area contributed by atoms with Crippen molar-refractivity contribution >= 4 is 17.8 Å². The van der Waals surface area contributed by atoms with Gasteiger partial charge in [0.2, 0.25) is 0 Å². The quantitative estimate of drug-likeness (QED) is 0.759. The Kier molecular flexibility index (Phi) is 2.77. The summed E-state index contributed by atoms with van der Waals surface area (Å²) in [7, 11) is 0. The van der Waals surface area contributed by atoms with Crippen molar-refractivity contribution in [3.05, 3.63) is 48.2 Å². The summed E-state index contributed by atoms with van der Waals surface area (Å²) in [6.07, 6.45) is 2.76. The van der Waals surface area contributed by atoms with E-state index in [0.717, 1.165) is 0 Å². The highest BCUT2D eigenvalue weighted by Gasteiger charge is 2.10. The Labute approximate surface area is 91.9 Å². The van der Waals surface area contributed by atoms with Crippen LogP contribution in [0, 0.1) is 0 Å². The summed E-state index contributed by atoms with van der Waals surface area (Å²) in [4.78, 5) is 26.0. The van der Waals surface area contributed by atoms with E-state index >= 15 is 0 Å². The third-order valence-corrected chi connectivity index (χ3v) is 1.91. The molecule has 3 amide bonds. The lowest BCUT2D eigenvalue weighted by Crippen LogP contribution is -2.32. The number of carbonyl (C=O) groups is 2. The van der Waals surface area contributed by atoms with Crippen LogP contribution in [0.2, 0.25) is 0 Å². The number of benzene rings is 1. The highest BCUT2D eigenvalue weighted by atomic mass is 16.2. The third-order valence-electron chi connectivity index (χ3n) is 1.91. The summed E-state index contributed by atoms with van der Waals surface area (Å²) in [6, 6.07) is 8.06. The van der Waals surface area contributed by atoms with Crippen molar-refractivity contribution < 1.29 is 9.59 Å². The number of nitrogens with zero attached hydrogens (tertiary/aromatic N) is 2. The molecule has 0 saturated carbocycles. The lowest BCUT2D eigenvalue weighted by atomic mass is 10.2. The smallest absolute Gasteiger partial charge is 0.306 e. The molecule has 2 rings (SSSR count). The van der Waals surface area contributed by atoms with E-state index in [1.54, 1.807) is 24.3 Å². The number of rotatable bonds is 1. The molecular formula is C11H8N3O2. The Bertz CT molecular complexity index is 477. The summed E-state index contributed by atoms with van der Waals surface area (Å²) >= 11 is 0. The van der Waals surface area contributed by atoms with Crippen LogP contribution in [-0.2, 0) is 0 Å². The Balaban J connectivity index is 2.09. The Hall–Kier alpha value is -2.43. The predicted molar refractivity (Wildman–Crippen MR) is 58.0 cm³/mol. The Morgan fingerprint density at radius 3 is 2.62 bits per heavy atom. The lowest BCUT2D eigenvalue weighted by Gasteiger charge is -2.06. The van der Waals surface area contributed by atoms with E-state index in [9.17, 15) is 9.59 Å². The first-order chi connectivity index (χ1) is 7.75. The van der Waals surface area contributed by atoms with Gasteiger partial charge in [-0.2, -0.15) is 10.3 Å². The van der Waals surface area contributed by atoms with Crippen LogP contribution >= 0.6 is 0 Å². The maximum absolute atomic E-state index is 11.7. The van der Waals surface area contributed by atoms with Gasteiger partial charge in [-0.25, -0.2) is 4.79 Å². The van der Waals surface area contributed by atoms with Gasteiger partial charge in [-0.3, -0.25) is 4.79 Å². The molecule has 1 heterocycles. The molecule has 0 spiro atoms. The largest absolute Gasteiger partial charge is 0.368 e. The highest BCUT2D eigenvalue weighted by molar-refractivity contribution is 6.13. The number of urea groups is 1. The van der Waals surface area contributed by atoms with Crippen LogP contribution < -0.4 is 10.6 Å². The molecule has 1 aliphatic heterocycles. The number of amides is 3. The van der Waals surface area contributed by atoms with Crippen LogP contribution in [0.15, 0.2) is 47.6 Å². The summed E-state index contributed by atoms with van der Waals surface area (Å²) < 4.78 is 0. The van der Waals surface area contributed by atoms with Gasteiger partial charge in [0.25, 0.3) is 5.91 Å². The number of carbonyl (C=O) groups excluding carboxylic acids is 2. The SMILES string of the molecule is O=C1[N]C=CC(NC(=O)c2ccccc2)=N1. The van der Waals surface area contributed by atoms with Gasteiger partial charge in [-0.05, 0) is 18.2 Å². The van der Waals surface area contributed by atoms with Gasteiger partial charge in [0, 0.05) is 11.8 Å². The van der Waals surface area contributed by atoms with Crippen molar-refractivity contribution in [2.24, 2.45) is 4.99 Å². The molecule has 1 aromatic carbocycles. The van der Waals surface area contributed by atoms with Crippen LogP contribution in [0.1, 0.15) is 10.4 Å². The molecule has 0 saturated heterocycles. The first-order valence-corrected chi connectivity index (χ1v) is 4.62. The molecule has 0 aromatic heterocycles. The molecule has 0 aliphatic carbocycles. The summed E-state index contributed by atoms with van der Waals surface area (Å²) in [6.45, 7) is 0. The lowest BCUT2D eigenvalue weighted by molar-refractivity contribution is 0.0977. The molecule has 1 radical (unpaired) electrons. The minimum atomic E-state index is -0.620. The van der Waals surface area contributed by atoms with Crippen molar-refractivity contribution in [1.29, 1.82) is 0 Å². The van der Waals surface area contributed by atoms with E-state index in [1.165, 1.54) is 12.3 Å². The molecule has 16 heavy (non-hydrogen) atoms. The summed E-state index contributed by atoms with van der Waals surface area (Å²) in [5, 5.41) is 5.91. The fourth-order valence-corrected chi connectivity index (χ4v) is 1.19. The van der Waals surface area contributed by atoms with Gasteiger partial charge in [0.1, 0.15) is 5.84 Å². The fraction of sp³-hybridized carbons (Fsp3) is 0. The number of aliphatic imine (C=N–C) groups is 1. The Morgan fingerprint density at radius 2 is 1.94 bits per heavy atom. The standard InChI is InChI=1S/C11H8N3O2/c15-10(8-4-2-1-3-5-8)13-9-6-7-12-11(16)14-9/h1-7H,(H,13,14,15,16). The van der Waals surface area contributed by atoms with Gasteiger partial charge in [0.05, 0.1) is 0 Å². The minimum absolute atomic E-state index is 0.203. The van der Waals surface area contributed by atoms with Gasteiger partial charge >= 0.3 is 6.03 Å². The van der Waals surface area contributed by atoms with Crippen LogP contribution in [0.5, 0.6) is 0 Å². The van der Waals surface area contributed by atoms with E-state index in [4.69, 9.17) is 0 Å². The average Bonchev–Trinajstić information content (AvgIpc) is 2.30. The maximum Gasteiger partial charge on any atom is 0.368 e. The first kappa shape index (κ1) is 10.1.